The number of nitrogens with zero attached hydrogens (tertiary/aromatic N) is 1. The number of carbonyl (C=O) groups excluding carboxylic acids is 1. The maximum atomic E-state index is 12.0. The van der Waals surface area contributed by atoms with Crippen LogP contribution in [-0.4, -0.2) is 25.4 Å². The number of amides is 1. The van der Waals surface area contributed by atoms with Gasteiger partial charge in [0.2, 0.25) is 10.0 Å². The second-order valence-corrected chi connectivity index (χ2v) is 6.37. The average Bonchev–Trinajstić information content (AvgIpc) is 2.97. The molecule has 106 valence electrons. The van der Waals surface area contributed by atoms with Gasteiger partial charge in [-0.15, -0.1) is 0 Å². The Morgan fingerprint density at radius 2 is 2.11 bits per heavy atom. The van der Waals surface area contributed by atoms with Crippen LogP contribution >= 0.6 is 0 Å². The SMILES string of the molecule is CCNC(=O)c1cc(S(N)(=O)=O)cn1C1CCCC1. The monoisotopic (exact) mass is 285 g/mol. The Bertz CT molecular complexity index is 571. The third-order valence-corrected chi connectivity index (χ3v) is 4.32. The van der Waals surface area contributed by atoms with Gasteiger partial charge in [0, 0.05) is 18.8 Å². The first-order valence-corrected chi connectivity index (χ1v) is 8.01. The molecule has 1 aromatic heterocycles. The Hall–Kier alpha value is -1.34. The first kappa shape index (κ1) is 14.1. The van der Waals surface area contributed by atoms with Crippen LogP contribution in [0.25, 0.3) is 0 Å². The first-order chi connectivity index (χ1) is 8.93. The third-order valence-electron chi connectivity index (χ3n) is 3.44. The van der Waals surface area contributed by atoms with E-state index in [1.807, 2.05) is 6.92 Å². The summed E-state index contributed by atoms with van der Waals surface area (Å²) >= 11 is 0. The number of nitrogens with two attached hydrogens (primary N) is 1. The number of hydrogen-bond acceptors (Lipinski definition) is 3. The molecule has 1 fully saturated rings. The van der Waals surface area contributed by atoms with E-state index in [2.05, 4.69) is 5.32 Å². The predicted octanol–water partition coefficient (Wildman–Crippen LogP) is 1.00. The summed E-state index contributed by atoms with van der Waals surface area (Å²) in [7, 11) is -3.78. The summed E-state index contributed by atoms with van der Waals surface area (Å²) in [5.41, 5.74) is 0.373. The lowest BCUT2D eigenvalue weighted by atomic mass is 10.2. The molecular formula is C12H19N3O3S. The molecule has 19 heavy (non-hydrogen) atoms. The largest absolute Gasteiger partial charge is 0.351 e. The van der Waals surface area contributed by atoms with E-state index in [-0.39, 0.29) is 16.8 Å². The smallest absolute Gasteiger partial charge is 0.267 e. The summed E-state index contributed by atoms with van der Waals surface area (Å²) in [5, 5.41) is 7.83. The Labute approximate surface area is 113 Å². The molecule has 1 saturated carbocycles. The molecular weight excluding hydrogens is 266 g/mol. The van der Waals surface area contributed by atoms with Crippen molar-refractivity contribution in [3.63, 3.8) is 0 Å². The van der Waals surface area contributed by atoms with Crippen molar-refractivity contribution in [2.45, 2.75) is 43.5 Å². The minimum atomic E-state index is -3.78. The summed E-state index contributed by atoms with van der Waals surface area (Å²) in [6, 6.07) is 1.55. The fourth-order valence-corrected chi connectivity index (χ4v) is 3.06. The molecule has 0 unspecified atom stereocenters. The van der Waals surface area contributed by atoms with E-state index in [4.69, 9.17) is 5.14 Å². The van der Waals surface area contributed by atoms with Crippen LogP contribution in [0.3, 0.4) is 0 Å². The topological polar surface area (TPSA) is 94.2 Å². The highest BCUT2D eigenvalue weighted by Crippen LogP contribution is 2.32. The van der Waals surface area contributed by atoms with Crippen molar-refractivity contribution in [1.82, 2.24) is 9.88 Å². The minimum Gasteiger partial charge on any atom is -0.351 e. The highest BCUT2D eigenvalue weighted by Gasteiger charge is 2.25. The Morgan fingerprint density at radius 3 is 2.63 bits per heavy atom. The van der Waals surface area contributed by atoms with Gasteiger partial charge in [0.15, 0.2) is 0 Å². The van der Waals surface area contributed by atoms with Crippen LogP contribution in [0, 0.1) is 0 Å². The van der Waals surface area contributed by atoms with E-state index in [9.17, 15) is 13.2 Å². The molecule has 0 bridgehead atoms. The van der Waals surface area contributed by atoms with Crippen molar-refractivity contribution >= 4 is 15.9 Å². The lowest BCUT2D eigenvalue weighted by Crippen LogP contribution is -2.26. The summed E-state index contributed by atoms with van der Waals surface area (Å²) in [6.07, 6.45) is 5.61. The zero-order valence-corrected chi connectivity index (χ0v) is 11.7. The van der Waals surface area contributed by atoms with Crippen LogP contribution in [-0.2, 0) is 10.0 Å². The fourth-order valence-electron chi connectivity index (χ4n) is 2.53. The molecule has 3 N–H and O–H groups in total. The second-order valence-electron chi connectivity index (χ2n) is 4.81. The van der Waals surface area contributed by atoms with Gasteiger partial charge in [0.1, 0.15) is 10.6 Å². The highest BCUT2D eigenvalue weighted by molar-refractivity contribution is 7.89. The highest BCUT2D eigenvalue weighted by atomic mass is 32.2. The molecule has 6 nitrogen and oxygen atoms in total. The Kier molecular flexibility index (Phi) is 3.96. The van der Waals surface area contributed by atoms with Gasteiger partial charge in [0.05, 0.1) is 0 Å². The van der Waals surface area contributed by atoms with Gasteiger partial charge in [-0.3, -0.25) is 4.79 Å². The fraction of sp³-hybridized carbons (Fsp3) is 0.583. The van der Waals surface area contributed by atoms with Crippen molar-refractivity contribution in [3.05, 3.63) is 18.0 Å². The molecule has 1 aliphatic carbocycles. The number of carbonyl (C=O) groups is 1. The van der Waals surface area contributed by atoms with Gasteiger partial charge < -0.3 is 9.88 Å². The van der Waals surface area contributed by atoms with Crippen LogP contribution in [0.4, 0.5) is 0 Å². The predicted molar refractivity (Wildman–Crippen MR) is 71.3 cm³/mol. The molecule has 7 heteroatoms. The van der Waals surface area contributed by atoms with Gasteiger partial charge in [-0.2, -0.15) is 0 Å². The first-order valence-electron chi connectivity index (χ1n) is 6.46. The van der Waals surface area contributed by atoms with E-state index in [0.717, 1.165) is 25.7 Å². The molecule has 1 aliphatic rings. The summed E-state index contributed by atoms with van der Waals surface area (Å²) in [5.74, 6) is -0.260. The molecule has 1 heterocycles. The van der Waals surface area contributed by atoms with E-state index < -0.39 is 10.0 Å². The summed E-state index contributed by atoms with van der Waals surface area (Å²) < 4.78 is 24.6. The molecule has 0 aromatic carbocycles. The molecule has 2 rings (SSSR count). The van der Waals surface area contributed by atoms with Crippen LogP contribution in [0.2, 0.25) is 0 Å². The van der Waals surface area contributed by atoms with Gasteiger partial charge in [0.25, 0.3) is 5.91 Å². The lowest BCUT2D eigenvalue weighted by molar-refractivity contribution is 0.0944. The molecule has 1 aromatic rings. The second kappa shape index (κ2) is 5.34. The number of aromatic nitrogens is 1. The summed E-state index contributed by atoms with van der Waals surface area (Å²) in [6.45, 7) is 2.32. The molecule has 0 saturated heterocycles. The van der Waals surface area contributed by atoms with Crippen LogP contribution in [0.5, 0.6) is 0 Å². The van der Waals surface area contributed by atoms with E-state index >= 15 is 0 Å². The quantitative estimate of drug-likeness (QED) is 0.864. The number of rotatable bonds is 4. The van der Waals surface area contributed by atoms with Gasteiger partial charge in [-0.05, 0) is 25.8 Å². The third kappa shape index (κ3) is 2.98. The van der Waals surface area contributed by atoms with E-state index in [1.54, 1.807) is 4.57 Å². The lowest BCUT2D eigenvalue weighted by Gasteiger charge is -2.15. The number of sulfonamides is 1. The van der Waals surface area contributed by atoms with Crippen molar-refractivity contribution in [2.24, 2.45) is 5.14 Å². The average molecular weight is 285 g/mol. The van der Waals surface area contributed by atoms with Crippen LogP contribution < -0.4 is 10.5 Å². The Balaban J connectivity index is 2.43. The maximum absolute atomic E-state index is 12.0. The zero-order valence-electron chi connectivity index (χ0n) is 10.9. The molecule has 1 amide bonds. The normalized spacial score (nSPS) is 16.7. The Morgan fingerprint density at radius 1 is 1.47 bits per heavy atom. The van der Waals surface area contributed by atoms with Crippen molar-refractivity contribution in [2.75, 3.05) is 6.54 Å². The number of nitrogens with one attached hydrogen (secondary N) is 1. The molecule has 0 radical (unpaired) electrons. The standard InChI is InChI=1S/C12H19N3O3S/c1-2-14-12(16)11-7-10(19(13,17)18)8-15(11)9-5-3-4-6-9/h7-9H,2-6H2,1H3,(H,14,16)(H2,13,17,18). The van der Waals surface area contributed by atoms with E-state index in [1.165, 1.54) is 12.3 Å². The molecule has 0 atom stereocenters. The summed E-state index contributed by atoms with van der Waals surface area (Å²) in [4.78, 5) is 12.0. The van der Waals surface area contributed by atoms with Crippen molar-refractivity contribution in [1.29, 1.82) is 0 Å². The molecule has 0 aliphatic heterocycles. The van der Waals surface area contributed by atoms with Crippen LogP contribution in [0.1, 0.15) is 49.1 Å². The van der Waals surface area contributed by atoms with Gasteiger partial charge in [-0.1, -0.05) is 12.8 Å². The maximum Gasteiger partial charge on any atom is 0.267 e. The number of hydrogen-bond donors (Lipinski definition) is 2. The minimum absolute atomic E-state index is 0.000605. The number of primary sulfonamides is 1. The van der Waals surface area contributed by atoms with Gasteiger partial charge in [-0.25, -0.2) is 13.6 Å². The van der Waals surface area contributed by atoms with Gasteiger partial charge >= 0.3 is 0 Å². The van der Waals surface area contributed by atoms with Crippen molar-refractivity contribution in [3.8, 4) is 0 Å². The molecule has 0 spiro atoms. The van der Waals surface area contributed by atoms with E-state index in [0.29, 0.717) is 12.2 Å². The zero-order chi connectivity index (χ0) is 14.0. The van der Waals surface area contributed by atoms with Crippen molar-refractivity contribution < 1.29 is 13.2 Å². The van der Waals surface area contributed by atoms with Crippen LogP contribution in [0.15, 0.2) is 17.2 Å².